The van der Waals surface area contributed by atoms with Crippen LogP contribution in [0.3, 0.4) is 0 Å². The summed E-state index contributed by atoms with van der Waals surface area (Å²) in [6.07, 6.45) is 3.55. The lowest BCUT2D eigenvalue weighted by atomic mass is 9.94. The van der Waals surface area contributed by atoms with E-state index in [0.717, 1.165) is 13.0 Å². The molecule has 0 aromatic rings. The number of hydrogen-bond donors (Lipinski definition) is 2. The molecule has 1 aliphatic heterocycles. The Labute approximate surface area is 65.8 Å². The summed E-state index contributed by atoms with van der Waals surface area (Å²) in [6.45, 7) is 0.918. The van der Waals surface area contributed by atoms with E-state index in [0.29, 0.717) is 11.8 Å². The maximum absolute atomic E-state index is 10.7. The van der Waals surface area contributed by atoms with Crippen LogP contribution in [-0.4, -0.2) is 23.7 Å². The molecule has 0 spiro atoms. The molecule has 0 aromatic carbocycles. The second-order valence-electron chi connectivity index (χ2n) is 3.58. The largest absolute Gasteiger partial charge is 0.480 e. The molecule has 1 aliphatic carbocycles. The molecule has 3 nitrogen and oxygen atoms in total. The van der Waals surface area contributed by atoms with E-state index in [2.05, 4.69) is 5.32 Å². The minimum absolute atomic E-state index is 0.248. The van der Waals surface area contributed by atoms with Gasteiger partial charge in [-0.1, -0.05) is 6.42 Å². The van der Waals surface area contributed by atoms with E-state index >= 15 is 0 Å². The maximum Gasteiger partial charge on any atom is 0.320 e. The zero-order valence-corrected chi connectivity index (χ0v) is 6.42. The van der Waals surface area contributed by atoms with Crippen LogP contribution in [0.5, 0.6) is 0 Å². The summed E-state index contributed by atoms with van der Waals surface area (Å²) in [5.41, 5.74) is 0. The zero-order chi connectivity index (χ0) is 7.84. The molecule has 0 aromatic heterocycles. The third-order valence-electron chi connectivity index (χ3n) is 3.01. The van der Waals surface area contributed by atoms with Crippen molar-refractivity contribution in [2.24, 2.45) is 11.8 Å². The second kappa shape index (κ2) is 2.48. The topological polar surface area (TPSA) is 49.3 Å². The molecule has 11 heavy (non-hydrogen) atoms. The highest BCUT2D eigenvalue weighted by Crippen LogP contribution is 2.37. The molecule has 2 fully saturated rings. The Morgan fingerprint density at radius 2 is 2.27 bits per heavy atom. The number of hydrogen-bond acceptors (Lipinski definition) is 2. The van der Waals surface area contributed by atoms with Crippen molar-refractivity contribution < 1.29 is 9.90 Å². The summed E-state index contributed by atoms with van der Waals surface area (Å²) in [5.74, 6) is 0.406. The normalized spacial score (nSPS) is 42.4. The number of nitrogens with one attached hydrogen (secondary N) is 1. The van der Waals surface area contributed by atoms with Gasteiger partial charge in [-0.3, -0.25) is 4.79 Å². The fourth-order valence-electron chi connectivity index (χ4n) is 2.46. The fraction of sp³-hybridized carbons (Fsp3) is 0.875. The third kappa shape index (κ3) is 1.03. The first-order chi connectivity index (χ1) is 5.29. The van der Waals surface area contributed by atoms with Crippen molar-refractivity contribution >= 4 is 5.97 Å². The van der Waals surface area contributed by atoms with Crippen LogP contribution in [0.25, 0.3) is 0 Å². The van der Waals surface area contributed by atoms with Crippen molar-refractivity contribution in [3.63, 3.8) is 0 Å². The van der Waals surface area contributed by atoms with Crippen LogP contribution in [0.15, 0.2) is 0 Å². The number of fused-ring (bicyclic) bond motifs is 1. The molecule has 62 valence electrons. The molecule has 3 atom stereocenters. The summed E-state index contributed by atoms with van der Waals surface area (Å²) in [4.78, 5) is 10.7. The lowest BCUT2D eigenvalue weighted by Gasteiger charge is -2.12. The molecule has 1 heterocycles. The van der Waals surface area contributed by atoms with Crippen molar-refractivity contribution in [1.29, 1.82) is 0 Å². The van der Waals surface area contributed by atoms with Crippen LogP contribution in [-0.2, 0) is 4.79 Å². The molecule has 2 rings (SSSR count). The highest BCUT2D eigenvalue weighted by atomic mass is 16.4. The lowest BCUT2D eigenvalue weighted by Crippen LogP contribution is -2.35. The summed E-state index contributed by atoms with van der Waals surface area (Å²) >= 11 is 0. The van der Waals surface area contributed by atoms with Crippen molar-refractivity contribution in [2.45, 2.75) is 25.3 Å². The first-order valence-electron chi connectivity index (χ1n) is 4.25. The van der Waals surface area contributed by atoms with E-state index in [9.17, 15) is 4.79 Å². The van der Waals surface area contributed by atoms with E-state index in [4.69, 9.17) is 5.11 Å². The van der Waals surface area contributed by atoms with Gasteiger partial charge in [-0.25, -0.2) is 0 Å². The van der Waals surface area contributed by atoms with Gasteiger partial charge in [0, 0.05) is 0 Å². The molecular weight excluding hydrogens is 142 g/mol. The third-order valence-corrected chi connectivity index (χ3v) is 3.01. The standard InChI is InChI=1S/C8H13NO2/c10-8(11)7-6-3-1-2-5(6)4-9-7/h5-7,9H,1-4H2,(H,10,11)/t5?,6?,7-/m0/s1. The van der Waals surface area contributed by atoms with Crippen molar-refractivity contribution in [3.05, 3.63) is 0 Å². The highest BCUT2D eigenvalue weighted by Gasteiger charge is 2.42. The number of aliphatic carboxylic acids is 1. The number of carbonyl (C=O) groups is 1. The smallest absolute Gasteiger partial charge is 0.320 e. The Morgan fingerprint density at radius 3 is 3.00 bits per heavy atom. The molecular formula is C8H13NO2. The van der Waals surface area contributed by atoms with E-state index in [1.54, 1.807) is 0 Å². The van der Waals surface area contributed by atoms with Gasteiger partial charge < -0.3 is 10.4 Å². The van der Waals surface area contributed by atoms with Crippen molar-refractivity contribution in [1.82, 2.24) is 5.32 Å². The van der Waals surface area contributed by atoms with Crippen LogP contribution in [0.4, 0.5) is 0 Å². The molecule has 0 bridgehead atoms. The maximum atomic E-state index is 10.7. The average molecular weight is 155 g/mol. The number of rotatable bonds is 1. The monoisotopic (exact) mass is 155 g/mol. The number of carboxylic acid groups (broad SMARTS) is 1. The average Bonchev–Trinajstić information content (AvgIpc) is 2.41. The van der Waals surface area contributed by atoms with E-state index in [1.165, 1.54) is 12.8 Å². The second-order valence-corrected chi connectivity index (χ2v) is 3.58. The minimum atomic E-state index is -0.667. The van der Waals surface area contributed by atoms with Crippen LogP contribution < -0.4 is 5.32 Å². The summed E-state index contributed by atoms with van der Waals surface area (Å²) in [7, 11) is 0. The summed E-state index contributed by atoms with van der Waals surface area (Å²) in [6, 6.07) is -0.248. The van der Waals surface area contributed by atoms with Gasteiger partial charge in [0.1, 0.15) is 6.04 Å². The van der Waals surface area contributed by atoms with Gasteiger partial charge in [-0.15, -0.1) is 0 Å². The van der Waals surface area contributed by atoms with Gasteiger partial charge in [0.2, 0.25) is 0 Å². The zero-order valence-electron chi connectivity index (χ0n) is 6.42. The Hall–Kier alpha value is -0.570. The van der Waals surface area contributed by atoms with E-state index in [1.807, 2.05) is 0 Å². The molecule has 1 saturated carbocycles. The number of carboxylic acids is 1. The van der Waals surface area contributed by atoms with Gasteiger partial charge in [0.25, 0.3) is 0 Å². The predicted octanol–water partition coefficient (Wildman–Crippen LogP) is 0.459. The molecule has 0 amide bonds. The Balaban J connectivity index is 2.08. The lowest BCUT2D eigenvalue weighted by molar-refractivity contribution is -0.140. The van der Waals surface area contributed by atoms with Crippen LogP contribution >= 0.6 is 0 Å². The predicted molar refractivity (Wildman–Crippen MR) is 40.3 cm³/mol. The van der Waals surface area contributed by atoms with Crippen LogP contribution in [0.2, 0.25) is 0 Å². The molecule has 2 unspecified atom stereocenters. The quantitative estimate of drug-likeness (QED) is 0.578. The van der Waals surface area contributed by atoms with Crippen LogP contribution in [0, 0.1) is 11.8 Å². The van der Waals surface area contributed by atoms with Gasteiger partial charge >= 0.3 is 5.97 Å². The van der Waals surface area contributed by atoms with Crippen molar-refractivity contribution in [2.75, 3.05) is 6.54 Å². The molecule has 0 radical (unpaired) electrons. The van der Waals surface area contributed by atoms with Gasteiger partial charge in [0.15, 0.2) is 0 Å². The Bertz CT molecular complexity index is 181. The van der Waals surface area contributed by atoms with Gasteiger partial charge in [-0.05, 0) is 31.2 Å². The Morgan fingerprint density at radius 1 is 1.45 bits per heavy atom. The summed E-state index contributed by atoms with van der Waals surface area (Å²) < 4.78 is 0. The minimum Gasteiger partial charge on any atom is -0.480 e. The molecule has 2 N–H and O–H groups in total. The van der Waals surface area contributed by atoms with Gasteiger partial charge in [0.05, 0.1) is 0 Å². The molecule has 2 aliphatic rings. The Kier molecular flexibility index (Phi) is 1.60. The van der Waals surface area contributed by atoms with E-state index < -0.39 is 5.97 Å². The first kappa shape index (κ1) is 7.10. The molecule has 3 heteroatoms. The fourth-order valence-corrected chi connectivity index (χ4v) is 2.46. The SMILES string of the molecule is O=C(O)[C@H]1NCC2CCCC21. The van der Waals surface area contributed by atoms with E-state index in [-0.39, 0.29) is 6.04 Å². The molecule has 1 saturated heterocycles. The van der Waals surface area contributed by atoms with Crippen LogP contribution in [0.1, 0.15) is 19.3 Å². The summed E-state index contributed by atoms with van der Waals surface area (Å²) in [5, 5.41) is 11.9. The van der Waals surface area contributed by atoms with Gasteiger partial charge in [-0.2, -0.15) is 0 Å². The first-order valence-corrected chi connectivity index (χ1v) is 4.25. The highest BCUT2D eigenvalue weighted by molar-refractivity contribution is 5.74. The van der Waals surface area contributed by atoms with Crippen molar-refractivity contribution in [3.8, 4) is 0 Å².